The Labute approximate surface area is 165 Å². The molecule has 3 N–H and O–H groups in total. The zero-order valence-corrected chi connectivity index (χ0v) is 15.9. The van der Waals surface area contributed by atoms with E-state index in [-0.39, 0.29) is 6.04 Å². The minimum Gasteiger partial charge on any atom is -0.369 e. The summed E-state index contributed by atoms with van der Waals surface area (Å²) in [5.74, 6) is 0.483. The molecule has 1 fully saturated rings. The highest BCUT2D eigenvalue weighted by Gasteiger charge is 2.25. The van der Waals surface area contributed by atoms with E-state index in [1.165, 1.54) is 0 Å². The van der Waals surface area contributed by atoms with Gasteiger partial charge >= 0.3 is 0 Å². The molecule has 0 spiro atoms. The number of hydrogen-bond acceptors (Lipinski definition) is 4. The number of carbonyl (C=O) groups is 1. The molecular formula is C23H24N4O. The first kappa shape index (κ1) is 18.0. The maximum absolute atomic E-state index is 12.1. The van der Waals surface area contributed by atoms with E-state index in [2.05, 4.69) is 27.3 Å². The van der Waals surface area contributed by atoms with Crippen LogP contribution in [0.4, 0.5) is 11.5 Å². The summed E-state index contributed by atoms with van der Waals surface area (Å²) < 4.78 is 0. The van der Waals surface area contributed by atoms with Crippen molar-refractivity contribution in [3.05, 3.63) is 78.0 Å². The third-order valence-electron chi connectivity index (χ3n) is 5.16. The van der Waals surface area contributed by atoms with Gasteiger partial charge in [0.2, 0.25) is 0 Å². The lowest BCUT2D eigenvalue weighted by molar-refractivity contribution is 0.100. The lowest BCUT2D eigenvalue weighted by Gasteiger charge is -2.22. The molecule has 2 heterocycles. The third-order valence-corrected chi connectivity index (χ3v) is 5.16. The van der Waals surface area contributed by atoms with Crippen LogP contribution >= 0.6 is 0 Å². The van der Waals surface area contributed by atoms with Crippen molar-refractivity contribution in [1.82, 2.24) is 4.98 Å². The van der Waals surface area contributed by atoms with Crippen LogP contribution in [-0.4, -0.2) is 30.0 Å². The van der Waals surface area contributed by atoms with Crippen molar-refractivity contribution in [2.24, 2.45) is 5.73 Å². The van der Waals surface area contributed by atoms with Crippen LogP contribution in [0.15, 0.2) is 66.9 Å². The van der Waals surface area contributed by atoms with Gasteiger partial charge < -0.3 is 16.0 Å². The van der Waals surface area contributed by atoms with Gasteiger partial charge in [0.15, 0.2) is 0 Å². The van der Waals surface area contributed by atoms with E-state index in [9.17, 15) is 4.79 Å². The van der Waals surface area contributed by atoms with E-state index >= 15 is 0 Å². The summed E-state index contributed by atoms with van der Waals surface area (Å²) in [5, 5.41) is 3.48. The van der Waals surface area contributed by atoms with Crippen LogP contribution in [-0.2, 0) is 0 Å². The molecular weight excluding hydrogens is 348 g/mol. The fourth-order valence-electron chi connectivity index (χ4n) is 3.68. The number of aryl methyl sites for hydroxylation is 1. The zero-order valence-electron chi connectivity index (χ0n) is 15.9. The van der Waals surface area contributed by atoms with Gasteiger partial charge in [-0.25, -0.2) is 4.98 Å². The van der Waals surface area contributed by atoms with Gasteiger partial charge in [-0.3, -0.25) is 4.79 Å². The second-order valence-electron chi connectivity index (χ2n) is 7.26. The number of nitrogens with two attached hydrogens (primary N) is 1. The summed E-state index contributed by atoms with van der Waals surface area (Å²) in [6, 6.07) is 20.3. The van der Waals surface area contributed by atoms with Gasteiger partial charge in [-0.05, 0) is 48.2 Å². The van der Waals surface area contributed by atoms with E-state index in [4.69, 9.17) is 5.73 Å². The first-order valence-electron chi connectivity index (χ1n) is 9.53. The molecule has 1 atom stereocenters. The van der Waals surface area contributed by atoms with E-state index in [1.807, 2.05) is 61.7 Å². The second kappa shape index (κ2) is 7.72. The summed E-state index contributed by atoms with van der Waals surface area (Å²) >= 11 is 0. The number of carbonyl (C=O) groups excluding carboxylic acids is 1. The lowest BCUT2D eigenvalue weighted by atomic mass is 10.0. The van der Waals surface area contributed by atoms with Crippen molar-refractivity contribution in [3.8, 4) is 11.1 Å². The number of hydrogen-bond donors (Lipinski definition) is 2. The molecule has 5 heteroatoms. The van der Waals surface area contributed by atoms with Crippen molar-refractivity contribution >= 4 is 17.4 Å². The van der Waals surface area contributed by atoms with Crippen molar-refractivity contribution in [3.63, 3.8) is 0 Å². The molecule has 3 aromatic rings. The molecule has 1 aromatic heterocycles. The zero-order chi connectivity index (χ0) is 19.5. The fraction of sp³-hybridized carbons (Fsp3) is 0.217. The van der Waals surface area contributed by atoms with Gasteiger partial charge in [0.25, 0.3) is 5.91 Å². The Hall–Kier alpha value is -3.34. The number of rotatable bonds is 5. The van der Waals surface area contributed by atoms with Crippen molar-refractivity contribution in [2.75, 3.05) is 23.3 Å². The van der Waals surface area contributed by atoms with Crippen LogP contribution in [0, 0.1) is 6.92 Å². The molecule has 0 radical (unpaired) electrons. The Morgan fingerprint density at radius 3 is 2.64 bits per heavy atom. The number of primary amides is 1. The molecule has 0 bridgehead atoms. The number of amides is 1. The summed E-state index contributed by atoms with van der Waals surface area (Å²) in [4.78, 5) is 18.8. The van der Waals surface area contributed by atoms with Crippen LogP contribution in [0.2, 0.25) is 0 Å². The third kappa shape index (κ3) is 3.83. The van der Waals surface area contributed by atoms with Crippen molar-refractivity contribution in [1.29, 1.82) is 0 Å². The molecule has 0 saturated carbocycles. The topological polar surface area (TPSA) is 71.2 Å². The average molecular weight is 372 g/mol. The minimum atomic E-state index is -0.399. The highest BCUT2D eigenvalue weighted by molar-refractivity contribution is 6.00. The van der Waals surface area contributed by atoms with E-state index in [0.29, 0.717) is 5.56 Å². The lowest BCUT2D eigenvalue weighted by Crippen LogP contribution is -2.28. The normalized spacial score (nSPS) is 16.2. The van der Waals surface area contributed by atoms with E-state index in [1.54, 1.807) is 0 Å². The standard InChI is InChI=1S/C23H24N4O/c1-16-7-10-22(25-14-16)26-19-11-12-27(15-19)21-9-8-18(13-20(21)23(24)28)17-5-3-2-4-6-17/h2-10,13-14,19H,11-12,15H2,1H3,(H2,24,28)(H,25,26)/t19-/m0/s1. The van der Waals surface area contributed by atoms with Gasteiger partial charge in [-0.1, -0.05) is 42.5 Å². The molecule has 5 nitrogen and oxygen atoms in total. The maximum Gasteiger partial charge on any atom is 0.250 e. The summed E-state index contributed by atoms with van der Waals surface area (Å²) in [5.41, 5.74) is 10.4. The van der Waals surface area contributed by atoms with Gasteiger partial charge in [-0.2, -0.15) is 0 Å². The molecule has 1 amide bonds. The molecule has 1 saturated heterocycles. The molecule has 1 aliphatic heterocycles. The Morgan fingerprint density at radius 1 is 1.11 bits per heavy atom. The molecule has 0 aliphatic carbocycles. The predicted octanol–water partition coefficient (Wildman–Crippen LogP) is 3.85. The number of aromatic nitrogens is 1. The molecule has 0 unspecified atom stereocenters. The quantitative estimate of drug-likeness (QED) is 0.714. The number of pyridine rings is 1. The number of anilines is 2. The minimum absolute atomic E-state index is 0.282. The molecule has 1 aliphatic rings. The highest BCUT2D eigenvalue weighted by Crippen LogP contribution is 2.30. The number of nitrogens with one attached hydrogen (secondary N) is 1. The van der Waals surface area contributed by atoms with Crippen LogP contribution < -0.4 is 16.0 Å². The Balaban J connectivity index is 1.54. The number of nitrogens with zero attached hydrogens (tertiary/aromatic N) is 2. The van der Waals surface area contributed by atoms with E-state index < -0.39 is 5.91 Å². The largest absolute Gasteiger partial charge is 0.369 e. The Bertz CT molecular complexity index is 970. The van der Waals surface area contributed by atoms with Gasteiger partial charge in [0, 0.05) is 31.0 Å². The summed E-state index contributed by atoms with van der Waals surface area (Å²) in [6.07, 6.45) is 2.84. The summed E-state index contributed by atoms with van der Waals surface area (Å²) in [7, 11) is 0. The molecule has 2 aromatic carbocycles. The number of benzene rings is 2. The van der Waals surface area contributed by atoms with Crippen LogP contribution in [0.5, 0.6) is 0 Å². The first-order valence-corrected chi connectivity index (χ1v) is 9.53. The SMILES string of the molecule is Cc1ccc(N[C@H]2CCN(c3ccc(-c4ccccc4)cc3C(N)=O)C2)nc1. The highest BCUT2D eigenvalue weighted by atomic mass is 16.1. The molecule has 4 rings (SSSR count). The Kier molecular flexibility index (Phi) is 4.98. The Morgan fingerprint density at radius 2 is 1.93 bits per heavy atom. The van der Waals surface area contributed by atoms with Crippen molar-refractivity contribution < 1.29 is 4.79 Å². The fourth-order valence-corrected chi connectivity index (χ4v) is 3.68. The average Bonchev–Trinajstić information content (AvgIpc) is 3.18. The van der Waals surface area contributed by atoms with Crippen molar-refractivity contribution in [2.45, 2.75) is 19.4 Å². The van der Waals surface area contributed by atoms with E-state index in [0.717, 1.165) is 47.7 Å². The van der Waals surface area contributed by atoms with Gasteiger partial charge in [-0.15, -0.1) is 0 Å². The van der Waals surface area contributed by atoms with Crippen LogP contribution in [0.3, 0.4) is 0 Å². The monoisotopic (exact) mass is 372 g/mol. The smallest absolute Gasteiger partial charge is 0.250 e. The molecule has 142 valence electrons. The maximum atomic E-state index is 12.1. The predicted molar refractivity (Wildman–Crippen MR) is 114 cm³/mol. The first-order chi connectivity index (χ1) is 13.6. The van der Waals surface area contributed by atoms with Gasteiger partial charge in [0.05, 0.1) is 5.56 Å². The van der Waals surface area contributed by atoms with Crippen LogP contribution in [0.25, 0.3) is 11.1 Å². The van der Waals surface area contributed by atoms with Gasteiger partial charge in [0.1, 0.15) is 5.82 Å². The van der Waals surface area contributed by atoms with Crippen LogP contribution in [0.1, 0.15) is 22.3 Å². The summed E-state index contributed by atoms with van der Waals surface area (Å²) in [6.45, 7) is 3.70. The molecule has 28 heavy (non-hydrogen) atoms. The second-order valence-corrected chi connectivity index (χ2v) is 7.26.